The van der Waals surface area contributed by atoms with Gasteiger partial charge >= 0.3 is 0 Å². The highest BCUT2D eigenvalue weighted by molar-refractivity contribution is 7.79. The summed E-state index contributed by atoms with van der Waals surface area (Å²) in [6.45, 7) is 3.86. The summed E-state index contributed by atoms with van der Waals surface area (Å²) in [5.41, 5.74) is 5.97. The lowest BCUT2D eigenvalue weighted by atomic mass is 10.0. The first-order valence-corrected chi connectivity index (χ1v) is 11.9. The predicted molar refractivity (Wildman–Crippen MR) is 123 cm³/mol. The van der Waals surface area contributed by atoms with Crippen molar-refractivity contribution in [2.75, 3.05) is 37.4 Å². The summed E-state index contributed by atoms with van der Waals surface area (Å²) >= 11 is -1.71. The van der Waals surface area contributed by atoms with Crippen molar-refractivity contribution in [1.29, 1.82) is 0 Å². The molecule has 0 amide bonds. The van der Waals surface area contributed by atoms with Crippen molar-refractivity contribution in [3.8, 4) is 11.5 Å². The molecule has 5 rings (SSSR count). The van der Waals surface area contributed by atoms with E-state index in [1.807, 2.05) is 18.2 Å². The molecule has 1 aromatic heterocycles. The molecular weight excluding hydrogens is 414 g/mol. The van der Waals surface area contributed by atoms with Gasteiger partial charge in [-0.1, -0.05) is 0 Å². The number of hydrogen-bond donors (Lipinski definition) is 2. The van der Waals surface area contributed by atoms with Gasteiger partial charge in [-0.2, -0.15) is 0 Å². The number of benzene rings is 2. The normalized spacial score (nSPS) is 16.8. The van der Waals surface area contributed by atoms with Crippen molar-refractivity contribution >= 4 is 33.4 Å². The van der Waals surface area contributed by atoms with Crippen molar-refractivity contribution in [3.63, 3.8) is 0 Å². The Balaban J connectivity index is 1.39. The van der Waals surface area contributed by atoms with Gasteiger partial charge in [0.1, 0.15) is 13.2 Å². The minimum Gasteiger partial charge on any atom is -0.486 e. The highest BCUT2D eigenvalue weighted by Crippen LogP contribution is 2.35. The highest BCUT2D eigenvalue weighted by Gasteiger charge is 2.23. The van der Waals surface area contributed by atoms with Gasteiger partial charge in [0.2, 0.25) is 0 Å². The Labute approximate surface area is 184 Å². The molecule has 2 aromatic carbocycles. The summed E-state index contributed by atoms with van der Waals surface area (Å²) in [5, 5.41) is 4.76. The van der Waals surface area contributed by atoms with E-state index in [1.54, 1.807) is 0 Å². The van der Waals surface area contributed by atoms with Crippen LogP contribution < -0.4 is 14.8 Å². The van der Waals surface area contributed by atoms with Gasteiger partial charge in [0.25, 0.3) is 0 Å². The van der Waals surface area contributed by atoms with Gasteiger partial charge in [-0.25, -0.2) is 4.21 Å². The second-order valence-electron chi connectivity index (χ2n) is 8.10. The van der Waals surface area contributed by atoms with Crippen LogP contribution in [0.4, 0.5) is 11.4 Å². The van der Waals surface area contributed by atoms with Crippen LogP contribution in [-0.2, 0) is 31.1 Å². The third kappa shape index (κ3) is 4.15. The Morgan fingerprint density at radius 3 is 2.71 bits per heavy atom. The van der Waals surface area contributed by atoms with Crippen LogP contribution in [0.1, 0.15) is 17.7 Å². The monoisotopic (exact) mass is 441 g/mol. The zero-order chi connectivity index (χ0) is 21.4. The SMILES string of the molecule is Cn1c2c(c3cc(Nc4ccc5c(c4)OCCO5)ccc31)CN(CCCS(=O)O)CC2. The molecule has 3 aromatic rings. The van der Waals surface area contributed by atoms with E-state index in [1.165, 1.54) is 22.2 Å². The summed E-state index contributed by atoms with van der Waals surface area (Å²) in [6.07, 6.45) is 1.73. The highest BCUT2D eigenvalue weighted by atomic mass is 32.2. The minimum atomic E-state index is -1.71. The van der Waals surface area contributed by atoms with Crippen molar-refractivity contribution in [2.24, 2.45) is 7.05 Å². The largest absolute Gasteiger partial charge is 0.486 e. The predicted octanol–water partition coefficient (Wildman–Crippen LogP) is 3.66. The molecule has 164 valence electrons. The van der Waals surface area contributed by atoms with Gasteiger partial charge in [-0.15, -0.1) is 0 Å². The third-order valence-corrected chi connectivity index (χ3v) is 6.74. The second-order valence-corrected chi connectivity index (χ2v) is 9.16. The number of nitrogens with one attached hydrogen (secondary N) is 1. The maximum atomic E-state index is 11.0. The molecule has 2 N–H and O–H groups in total. The number of aromatic nitrogens is 1. The lowest BCUT2D eigenvalue weighted by Crippen LogP contribution is -2.32. The molecule has 0 saturated heterocycles. The molecule has 0 saturated carbocycles. The van der Waals surface area contributed by atoms with Crippen LogP contribution in [0.2, 0.25) is 0 Å². The van der Waals surface area contributed by atoms with Crippen LogP contribution in [0.3, 0.4) is 0 Å². The fourth-order valence-electron chi connectivity index (χ4n) is 4.60. The molecule has 0 bridgehead atoms. The van der Waals surface area contributed by atoms with Crippen molar-refractivity contribution in [3.05, 3.63) is 47.7 Å². The second kappa shape index (κ2) is 8.53. The molecule has 8 heteroatoms. The Morgan fingerprint density at radius 2 is 1.87 bits per heavy atom. The fraction of sp³-hybridized carbons (Fsp3) is 0.391. The molecule has 0 spiro atoms. The molecule has 0 aliphatic carbocycles. The zero-order valence-corrected chi connectivity index (χ0v) is 18.4. The van der Waals surface area contributed by atoms with E-state index in [9.17, 15) is 4.21 Å². The summed E-state index contributed by atoms with van der Waals surface area (Å²) in [5.74, 6) is 1.89. The Hall–Kier alpha value is -2.55. The zero-order valence-electron chi connectivity index (χ0n) is 17.6. The van der Waals surface area contributed by atoms with Crippen LogP contribution in [-0.4, -0.2) is 50.3 Å². The van der Waals surface area contributed by atoms with Gasteiger partial charge in [-0.3, -0.25) is 4.90 Å². The van der Waals surface area contributed by atoms with E-state index < -0.39 is 11.1 Å². The van der Waals surface area contributed by atoms with Crippen molar-refractivity contribution in [2.45, 2.75) is 19.4 Å². The molecule has 3 heterocycles. The molecule has 0 fully saturated rings. The average Bonchev–Trinajstić information content (AvgIpc) is 3.05. The topological polar surface area (TPSA) is 76.0 Å². The first-order valence-electron chi connectivity index (χ1n) is 10.6. The van der Waals surface area contributed by atoms with Crippen LogP contribution in [0.15, 0.2) is 36.4 Å². The molecule has 1 atom stereocenters. The van der Waals surface area contributed by atoms with Gasteiger partial charge in [0.05, 0.1) is 5.75 Å². The summed E-state index contributed by atoms with van der Waals surface area (Å²) in [4.78, 5) is 2.38. The number of hydrogen-bond acceptors (Lipinski definition) is 5. The lowest BCUT2D eigenvalue weighted by Gasteiger charge is -2.27. The minimum absolute atomic E-state index is 0.336. The van der Waals surface area contributed by atoms with Crippen molar-refractivity contribution < 1.29 is 18.2 Å². The van der Waals surface area contributed by atoms with E-state index in [-0.39, 0.29) is 0 Å². The maximum absolute atomic E-state index is 11.0. The number of nitrogens with zero attached hydrogens (tertiary/aromatic N) is 2. The third-order valence-electron chi connectivity index (χ3n) is 6.11. The van der Waals surface area contributed by atoms with Crippen molar-refractivity contribution in [1.82, 2.24) is 9.47 Å². The Bertz CT molecular complexity index is 1140. The molecule has 2 aliphatic heterocycles. The van der Waals surface area contributed by atoms with E-state index in [0.717, 1.165) is 55.3 Å². The lowest BCUT2D eigenvalue weighted by molar-refractivity contribution is 0.171. The molecule has 7 nitrogen and oxygen atoms in total. The first-order chi connectivity index (χ1) is 15.1. The number of fused-ring (bicyclic) bond motifs is 4. The molecular formula is C23H27N3O4S. The quantitative estimate of drug-likeness (QED) is 0.569. The Kier molecular flexibility index (Phi) is 5.60. The van der Waals surface area contributed by atoms with Gasteiger partial charge < -0.3 is 23.9 Å². The number of anilines is 2. The van der Waals surface area contributed by atoms with Gasteiger partial charge in [0, 0.05) is 60.6 Å². The van der Waals surface area contributed by atoms with Crippen LogP contribution in [0.25, 0.3) is 10.9 Å². The average molecular weight is 442 g/mol. The first kappa shape index (κ1) is 20.4. The summed E-state index contributed by atoms with van der Waals surface area (Å²) in [7, 11) is 2.14. The van der Waals surface area contributed by atoms with E-state index in [2.05, 4.69) is 40.0 Å². The maximum Gasteiger partial charge on any atom is 0.163 e. The van der Waals surface area contributed by atoms with E-state index in [4.69, 9.17) is 14.0 Å². The number of ether oxygens (including phenoxy) is 2. The van der Waals surface area contributed by atoms with E-state index >= 15 is 0 Å². The standard InChI is InChI=1S/C23H27N3O4S/c1-25-20-5-3-16(24-17-4-6-22-23(14-17)30-11-10-29-22)13-18(20)19-15-26(9-7-21(19)25)8-2-12-31(27)28/h3-6,13-14,24H,2,7-12,15H2,1H3,(H,27,28). The molecule has 1 unspecified atom stereocenters. The van der Waals surface area contributed by atoms with Gasteiger partial charge in [-0.05, 0) is 48.9 Å². The van der Waals surface area contributed by atoms with Crippen LogP contribution >= 0.6 is 0 Å². The fourth-order valence-corrected chi connectivity index (χ4v) is 4.98. The smallest absolute Gasteiger partial charge is 0.163 e. The van der Waals surface area contributed by atoms with Crippen LogP contribution in [0, 0.1) is 0 Å². The Morgan fingerprint density at radius 1 is 1.10 bits per heavy atom. The summed E-state index contributed by atoms with van der Waals surface area (Å²) in [6, 6.07) is 12.4. The number of rotatable bonds is 6. The van der Waals surface area contributed by atoms with Gasteiger partial charge in [0.15, 0.2) is 22.6 Å². The molecule has 0 radical (unpaired) electrons. The van der Waals surface area contributed by atoms with Crippen LogP contribution in [0.5, 0.6) is 11.5 Å². The molecule has 2 aliphatic rings. The van der Waals surface area contributed by atoms with E-state index in [0.29, 0.717) is 19.0 Å². The molecule has 31 heavy (non-hydrogen) atoms. The number of aryl methyl sites for hydroxylation is 1. The summed E-state index contributed by atoms with van der Waals surface area (Å²) < 4.78 is 33.6.